The minimum absolute atomic E-state index is 0.0398. The number of nitrogens with two attached hydrogens (primary N) is 1. The zero-order valence-corrected chi connectivity index (χ0v) is 20.9. The molecule has 2 aromatic heterocycles. The van der Waals surface area contributed by atoms with Crippen molar-refractivity contribution in [2.75, 3.05) is 63.2 Å². The highest BCUT2D eigenvalue weighted by atomic mass is 35.5. The van der Waals surface area contributed by atoms with Crippen molar-refractivity contribution in [1.82, 2.24) is 19.8 Å². The molecule has 5 rings (SSSR count). The molecule has 0 aliphatic carbocycles. The number of aromatic nitrogens is 2. The topological polar surface area (TPSA) is 114 Å². The monoisotopic (exact) mass is 552 g/mol. The van der Waals surface area contributed by atoms with E-state index in [2.05, 4.69) is 16.5 Å². The number of carbonyl (C=O) groups excluding carboxylic acids is 2. The second kappa shape index (κ2) is 9.95. The predicted molar refractivity (Wildman–Crippen MR) is 132 cm³/mol. The largest absolute Gasteiger partial charge is 0.489 e. The molecule has 2 amide bonds. The first kappa shape index (κ1) is 26.0. The number of nitrogens with zero attached hydrogens (tertiary/aromatic N) is 5. The van der Waals surface area contributed by atoms with E-state index in [1.165, 1.54) is 6.08 Å². The summed E-state index contributed by atoms with van der Waals surface area (Å²) in [6.07, 6.45) is -3.57. The van der Waals surface area contributed by atoms with E-state index >= 15 is 0 Å². The fraction of sp³-hybridized carbons (Fsp3) is 0.417. The Morgan fingerprint density at radius 1 is 1.16 bits per heavy atom. The zero-order valence-electron chi connectivity index (χ0n) is 20.1. The highest BCUT2D eigenvalue weighted by molar-refractivity contribution is 6.35. The van der Waals surface area contributed by atoms with Gasteiger partial charge in [-0.15, -0.1) is 0 Å². The van der Waals surface area contributed by atoms with Gasteiger partial charge in [-0.1, -0.05) is 18.2 Å². The number of fused-ring (bicyclic) bond motifs is 2. The molecular formula is C24H24ClF3N6O4. The number of halogens is 4. The number of anilines is 2. The molecule has 0 radical (unpaired) electrons. The van der Waals surface area contributed by atoms with E-state index in [0.29, 0.717) is 26.3 Å². The second-order valence-corrected chi connectivity index (χ2v) is 9.36. The predicted octanol–water partition coefficient (Wildman–Crippen LogP) is 2.47. The molecule has 2 saturated heterocycles. The third-order valence-corrected chi connectivity index (χ3v) is 7.05. The number of carbonyl (C=O) groups is 2. The Morgan fingerprint density at radius 3 is 2.58 bits per heavy atom. The molecule has 0 saturated carbocycles. The number of nitrogen functional groups attached to an aromatic ring is 1. The SMILES string of the molecule is C=CC(=O)N1CCN2C(=O)c3c(N4CCOCC4)nc(-c4nc(N)ccc4C(F)(F)F)c(Cl)c3OC[C@H]2C1. The molecule has 0 bridgehead atoms. The van der Waals surface area contributed by atoms with Crippen LogP contribution in [0.3, 0.4) is 0 Å². The molecular weight excluding hydrogens is 529 g/mol. The number of hydrogen-bond acceptors (Lipinski definition) is 8. The molecule has 1 atom stereocenters. The van der Waals surface area contributed by atoms with Gasteiger partial charge >= 0.3 is 6.18 Å². The maximum Gasteiger partial charge on any atom is 0.418 e. The van der Waals surface area contributed by atoms with Crippen LogP contribution in [0.15, 0.2) is 24.8 Å². The average Bonchev–Trinajstić information content (AvgIpc) is 3.05. The summed E-state index contributed by atoms with van der Waals surface area (Å²) in [5.74, 6) is -0.837. The quantitative estimate of drug-likeness (QED) is 0.578. The third-order valence-electron chi connectivity index (χ3n) is 6.70. The Labute approximate surface area is 220 Å². The molecule has 10 nitrogen and oxygen atoms in total. The minimum Gasteiger partial charge on any atom is -0.489 e. The summed E-state index contributed by atoms with van der Waals surface area (Å²) in [6.45, 7) is 5.53. The van der Waals surface area contributed by atoms with E-state index in [4.69, 9.17) is 26.8 Å². The number of amides is 2. The van der Waals surface area contributed by atoms with Crippen molar-refractivity contribution in [3.8, 4) is 17.1 Å². The van der Waals surface area contributed by atoms with Crippen LogP contribution >= 0.6 is 11.6 Å². The van der Waals surface area contributed by atoms with Gasteiger partial charge < -0.3 is 29.9 Å². The Kier molecular flexibility index (Phi) is 6.82. The van der Waals surface area contributed by atoms with E-state index in [9.17, 15) is 22.8 Å². The summed E-state index contributed by atoms with van der Waals surface area (Å²) in [5.41, 5.74) is 3.84. The maximum atomic E-state index is 13.9. The first-order valence-corrected chi connectivity index (χ1v) is 12.2. The van der Waals surface area contributed by atoms with Crippen molar-refractivity contribution in [3.63, 3.8) is 0 Å². The van der Waals surface area contributed by atoms with Crippen LogP contribution in [0.4, 0.5) is 24.8 Å². The lowest BCUT2D eigenvalue weighted by Gasteiger charge is -2.39. The van der Waals surface area contributed by atoms with E-state index in [0.717, 1.165) is 12.1 Å². The first-order valence-electron chi connectivity index (χ1n) is 11.9. The summed E-state index contributed by atoms with van der Waals surface area (Å²) in [4.78, 5) is 39.4. The molecule has 0 aromatic carbocycles. The number of morpholine rings is 1. The lowest BCUT2D eigenvalue weighted by atomic mass is 10.1. The minimum atomic E-state index is -4.77. The highest BCUT2D eigenvalue weighted by Crippen LogP contribution is 2.46. The molecule has 5 heterocycles. The van der Waals surface area contributed by atoms with Crippen LogP contribution < -0.4 is 15.4 Å². The Morgan fingerprint density at radius 2 is 1.89 bits per heavy atom. The summed E-state index contributed by atoms with van der Waals surface area (Å²) in [6, 6.07) is 1.34. The van der Waals surface area contributed by atoms with Crippen LogP contribution in [0.25, 0.3) is 11.4 Å². The standard InChI is InChI=1S/C24H24ClF3N6O4/c1-2-16(35)33-5-6-34-13(11-33)12-38-21-17(23(34)36)22(32-7-9-37-10-8-32)31-20(18(21)25)19-14(24(26,27)28)3-4-15(29)30-19/h2-4,13H,1,5-12H2,(H2,29,30)/t13-/m1/s1. The van der Waals surface area contributed by atoms with Crippen LogP contribution in [0.2, 0.25) is 5.02 Å². The van der Waals surface area contributed by atoms with Crippen LogP contribution in [0.5, 0.6) is 5.75 Å². The zero-order chi connectivity index (χ0) is 27.2. The molecule has 38 heavy (non-hydrogen) atoms. The average molecular weight is 553 g/mol. The van der Waals surface area contributed by atoms with Gasteiger partial charge in [0.15, 0.2) is 5.75 Å². The summed E-state index contributed by atoms with van der Waals surface area (Å²) >= 11 is 6.66. The van der Waals surface area contributed by atoms with Crippen molar-refractivity contribution in [2.24, 2.45) is 0 Å². The van der Waals surface area contributed by atoms with Gasteiger partial charge in [0.1, 0.15) is 40.2 Å². The van der Waals surface area contributed by atoms with E-state index in [1.807, 2.05) is 0 Å². The number of hydrogen-bond donors (Lipinski definition) is 1. The van der Waals surface area contributed by atoms with E-state index in [-0.39, 0.29) is 65.8 Å². The van der Waals surface area contributed by atoms with Crippen molar-refractivity contribution in [1.29, 1.82) is 0 Å². The van der Waals surface area contributed by atoms with Crippen molar-refractivity contribution >= 4 is 35.1 Å². The summed E-state index contributed by atoms with van der Waals surface area (Å²) in [5, 5.41) is -0.284. The van der Waals surface area contributed by atoms with Gasteiger partial charge in [0.2, 0.25) is 5.91 Å². The lowest BCUT2D eigenvalue weighted by Crippen LogP contribution is -2.57. The normalized spacial score (nSPS) is 19.8. The van der Waals surface area contributed by atoms with Crippen molar-refractivity contribution < 1.29 is 32.2 Å². The second-order valence-electron chi connectivity index (χ2n) is 8.98. The molecule has 0 spiro atoms. The maximum absolute atomic E-state index is 13.9. The molecule has 2 aromatic rings. The Hall–Kier alpha value is -3.58. The molecule has 202 valence electrons. The highest BCUT2D eigenvalue weighted by Gasteiger charge is 2.42. The van der Waals surface area contributed by atoms with Gasteiger partial charge in [-0.2, -0.15) is 13.2 Å². The smallest absolute Gasteiger partial charge is 0.418 e. The van der Waals surface area contributed by atoms with Gasteiger partial charge in [0.25, 0.3) is 5.91 Å². The van der Waals surface area contributed by atoms with Crippen LogP contribution in [0, 0.1) is 0 Å². The number of rotatable bonds is 3. The fourth-order valence-electron chi connectivity index (χ4n) is 4.82. The van der Waals surface area contributed by atoms with Crippen LogP contribution in [0.1, 0.15) is 15.9 Å². The van der Waals surface area contributed by atoms with Gasteiger partial charge in [-0.3, -0.25) is 9.59 Å². The van der Waals surface area contributed by atoms with Crippen molar-refractivity contribution in [2.45, 2.75) is 12.2 Å². The molecule has 3 aliphatic heterocycles. The molecule has 0 unspecified atom stereocenters. The van der Waals surface area contributed by atoms with Crippen LogP contribution in [-0.4, -0.2) is 90.2 Å². The molecule has 3 aliphatic rings. The Balaban J connectivity index is 1.68. The first-order chi connectivity index (χ1) is 18.1. The number of ether oxygens (including phenoxy) is 2. The summed E-state index contributed by atoms with van der Waals surface area (Å²) in [7, 11) is 0. The Bertz CT molecular complexity index is 1300. The van der Waals surface area contributed by atoms with Gasteiger partial charge in [0.05, 0.1) is 24.8 Å². The number of piperazine rings is 1. The van der Waals surface area contributed by atoms with Crippen LogP contribution in [-0.2, 0) is 15.7 Å². The fourth-order valence-corrected chi connectivity index (χ4v) is 5.10. The number of pyridine rings is 2. The lowest BCUT2D eigenvalue weighted by molar-refractivity contribution is -0.137. The van der Waals surface area contributed by atoms with E-state index < -0.39 is 29.4 Å². The van der Waals surface area contributed by atoms with Gasteiger partial charge in [-0.25, -0.2) is 9.97 Å². The van der Waals surface area contributed by atoms with Gasteiger partial charge in [-0.05, 0) is 18.2 Å². The molecule has 14 heteroatoms. The summed E-state index contributed by atoms with van der Waals surface area (Å²) < 4.78 is 53.3. The molecule has 2 N–H and O–H groups in total. The number of alkyl halides is 3. The third kappa shape index (κ3) is 4.60. The van der Waals surface area contributed by atoms with Gasteiger partial charge in [0, 0.05) is 32.7 Å². The molecule has 2 fully saturated rings. The van der Waals surface area contributed by atoms with Crippen molar-refractivity contribution in [3.05, 3.63) is 40.9 Å². The van der Waals surface area contributed by atoms with E-state index in [1.54, 1.807) is 14.7 Å².